The van der Waals surface area contributed by atoms with Crippen LogP contribution >= 0.6 is 15.9 Å². The van der Waals surface area contributed by atoms with E-state index in [1.165, 1.54) is 11.0 Å². The van der Waals surface area contributed by atoms with Crippen molar-refractivity contribution in [3.63, 3.8) is 0 Å². The van der Waals surface area contributed by atoms with Crippen LogP contribution in [0.2, 0.25) is 0 Å². The molecule has 0 aromatic heterocycles. The highest BCUT2D eigenvalue weighted by Gasteiger charge is 2.46. The number of aliphatic carboxylic acids is 1. The van der Waals surface area contributed by atoms with Crippen LogP contribution in [0.15, 0.2) is 22.7 Å². The number of carboxylic acid groups (broad SMARTS) is 1. The highest BCUT2D eigenvalue weighted by atomic mass is 79.9. The summed E-state index contributed by atoms with van der Waals surface area (Å²) >= 11 is 3.25. The summed E-state index contributed by atoms with van der Waals surface area (Å²) in [6.45, 7) is 3.59. The quantitative estimate of drug-likeness (QED) is 0.917. The Morgan fingerprint density at radius 2 is 2.15 bits per heavy atom. The third kappa shape index (κ3) is 2.57. The van der Waals surface area contributed by atoms with Crippen molar-refractivity contribution in [3.05, 3.63) is 34.1 Å². The molecule has 1 aliphatic rings. The summed E-state index contributed by atoms with van der Waals surface area (Å²) in [7, 11) is 0. The Morgan fingerprint density at radius 1 is 1.50 bits per heavy atom. The first-order chi connectivity index (χ1) is 9.32. The summed E-state index contributed by atoms with van der Waals surface area (Å²) < 4.78 is 14.7. The number of carboxylic acids is 1. The monoisotopic (exact) mass is 343 g/mol. The molecule has 108 valence electrons. The number of rotatable bonds is 3. The molecule has 1 N–H and O–H groups in total. The van der Waals surface area contributed by atoms with E-state index in [9.17, 15) is 19.1 Å². The Balaban J connectivity index is 2.54. The number of hydrogen-bond acceptors (Lipinski definition) is 2. The lowest BCUT2D eigenvalue weighted by atomic mass is 9.93. The second-order valence-electron chi connectivity index (χ2n) is 5.15. The molecule has 4 nitrogen and oxygen atoms in total. The molecule has 1 saturated heterocycles. The molecule has 2 unspecified atom stereocenters. The highest BCUT2D eigenvalue weighted by molar-refractivity contribution is 9.10. The molecule has 0 radical (unpaired) electrons. The highest BCUT2D eigenvalue weighted by Crippen LogP contribution is 2.41. The molecule has 1 amide bonds. The Bertz CT molecular complexity index is 561. The second-order valence-corrected chi connectivity index (χ2v) is 6.07. The minimum absolute atomic E-state index is 0.0931. The first-order valence-electron chi connectivity index (χ1n) is 6.32. The van der Waals surface area contributed by atoms with Crippen LogP contribution in [0.25, 0.3) is 0 Å². The summed E-state index contributed by atoms with van der Waals surface area (Å²) in [5.41, 5.74) is 0.242. The van der Waals surface area contributed by atoms with Crippen LogP contribution in [0, 0.1) is 11.7 Å². The topological polar surface area (TPSA) is 57.6 Å². The van der Waals surface area contributed by atoms with Crippen LogP contribution in [0.1, 0.15) is 31.9 Å². The van der Waals surface area contributed by atoms with Gasteiger partial charge in [-0.05, 0) is 32.0 Å². The summed E-state index contributed by atoms with van der Waals surface area (Å²) in [4.78, 5) is 24.9. The van der Waals surface area contributed by atoms with Crippen molar-refractivity contribution in [2.45, 2.75) is 32.4 Å². The van der Waals surface area contributed by atoms with E-state index in [1.807, 2.05) is 0 Å². The van der Waals surface area contributed by atoms with Gasteiger partial charge in [0.25, 0.3) is 0 Å². The number of amides is 1. The fourth-order valence-corrected chi connectivity index (χ4v) is 3.07. The van der Waals surface area contributed by atoms with E-state index >= 15 is 0 Å². The maximum atomic E-state index is 14.1. The maximum absolute atomic E-state index is 14.1. The van der Waals surface area contributed by atoms with Gasteiger partial charge in [-0.2, -0.15) is 0 Å². The van der Waals surface area contributed by atoms with Gasteiger partial charge in [-0.25, -0.2) is 4.39 Å². The molecule has 6 heteroatoms. The van der Waals surface area contributed by atoms with Gasteiger partial charge in [-0.3, -0.25) is 9.59 Å². The van der Waals surface area contributed by atoms with E-state index in [4.69, 9.17) is 0 Å². The van der Waals surface area contributed by atoms with E-state index in [-0.39, 0.29) is 23.9 Å². The lowest BCUT2D eigenvalue weighted by Crippen LogP contribution is -2.36. The molecule has 2 rings (SSSR count). The molecule has 0 spiro atoms. The Hall–Kier alpha value is -1.43. The van der Waals surface area contributed by atoms with Gasteiger partial charge in [0, 0.05) is 22.5 Å². The number of benzene rings is 1. The normalized spacial score (nSPS) is 22.6. The number of nitrogens with zero attached hydrogens (tertiary/aromatic N) is 1. The fourth-order valence-electron chi connectivity index (χ4n) is 2.69. The van der Waals surface area contributed by atoms with Gasteiger partial charge < -0.3 is 10.0 Å². The first kappa shape index (κ1) is 15.0. The Labute approximate surface area is 124 Å². The van der Waals surface area contributed by atoms with Crippen molar-refractivity contribution in [2.24, 2.45) is 5.92 Å². The maximum Gasteiger partial charge on any atom is 0.309 e. The van der Waals surface area contributed by atoms with E-state index in [0.717, 1.165) is 0 Å². The average molecular weight is 344 g/mol. The van der Waals surface area contributed by atoms with Gasteiger partial charge in [0.05, 0.1) is 12.0 Å². The van der Waals surface area contributed by atoms with Gasteiger partial charge in [-0.1, -0.05) is 15.9 Å². The SMILES string of the molecule is CC(C)N1C(=O)CC(C(=O)O)C1c1cc(Br)ccc1F. The molecule has 2 atom stereocenters. The molecule has 1 aliphatic heterocycles. The molecule has 0 bridgehead atoms. The van der Waals surface area contributed by atoms with Crippen molar-refractivity contribution in [2.75, 3.05) is 0 Å². The summed E-state index contributed by atoms with van der Waals surface area (Å²) in [5.74, 6) is -2.75. The average Bonchev–Trinajstić information content (AvgIpc) is 2.70. The van der Waals surface area contributed by atoms with Gasteiger partial charge in [0.2, 0.25) is 5.91 Å². The predicted octanol–water partition coefficient (Wildman–Crippen LogP) is 2.97. The molecular weight excluding hydrogens is 329 g/mol. The fraction of sp³-hybridized carbons (Fsp3) is 0.429. The van der Waals surface area contributed by atoms with Crippen molar-refractivity contribution >= 4 is 27.8 Å². The number of carbonyl (C=O) groups is 2. The number of likely N-dealkylation sites (tertiary alicyclic amines) is 1. The van der Waals surface area contributed by atoms with Crippen molar-refractivity contribution in [3.8, 4) is 0 Å². The Morgan fingerprint density at radius 3 is 2.70 bits per heavy atom. The molecular formula is C14H15BrFNO3. The third-order valence-corrected chi connectivity index (χ3v) is 4.01. The smallest absolute Gasteiger partial charge is 0.309 e. The molecule has 1 aromatic carbocycles. The van der Waals surface area contributed by atoms with E-state index in [1.54, 1.807) is 26.0 Å². The second kappa shape index (κ2) is 5.52. The summed E-state index contributed by atoms with van der Waals surface area (Å²) in [5, 5.41) is 9.31. The van der Waals surface area contributed by atoms with E-state index in [2.05, 4.69) is 15.9 Å². The first-order valence-corrected chi connectivity index (χ1v) is 7.11. The van der Waals surface area contributed by atoms with Gasteiger partial charge in [0.15, 0.2) is 0 Å². The predicted molar refractivity (Wildman–Crippen MR) is 74.6 cm³/mol. The van der Waals surface area contributed by atoms with Crippen molar-refractivity contribution < 1.29 is 19.1 Å². The van der Waals surface area contributed by atoms with E-state index < -0.39 is 23.7 Å². The number of hydrogen-bond donors (Lipinski definition) is 1. The summed E-state index contributed by atoms with van der Waals surface area (Å²) in [6.07, 6.45) is -0.0931. The molecule has 20 heavy (non-hydrogen) atoms. The van der Waals surface area contributed by atoms with Crippen LogP contribution in [0.4, 0.5) is 4.39 Å². The van der Waals surface area contributed by atoms with Gasteiger partial charge >= 0.3 is 5.97 Å². The molecule has 1 aromatic rings. The number of carbonyl (C=O) groups excluding carboxylic acids is 1. The van der Waals surface area contributed by atoms with Crippen LogP contribution in [0.3, 0.4) is 0 Å². The van der Waals surface area contributed by atoms with Gasteiger partial charge in [0.1, 0.15) is 5.82 Å². The summed E-state index contributed by atoms with van der Waals surface area (Å²) in [6, 6.07) is 3.42. The van der Waals surface area contributed by atoms with Crippen molar-refractivity contribution in [1.82, 2.24) is 4.90 Å². The molecule has 0 saturated carbocycles. The van der Waals surface area contributed by atoms with Crippen LogP contribution in [-0.2, 0) is 9.59 Å². The Kier molecular flexibility index (Phi) is 4.13. The van der Waals surface area contributed by atoms with Crippen LogP contribution < -0.4 is 0 Å². The minimum atomic E-state index is -1.08. The largest absolute Gasteiger partial charge is 0.481 e. The lowest BCUT2D eigenvalue weighted by Gasteiger charge is -2.31. The van der Waals surface area contributed by atoms with Crippen molar-refractivity contribution in [1.29, 1.82) is 0 Å². The number of halogens is 2. The lowest BCUT2D eigenvalue weighted by molar-refractivity contribution is -0.142. The molecule has 1 heterocycles. The molecule has 0 aliphatic carbocycles. The van der Waals surface area contributed by atoms with Crippen LogP contribution in [0.5, 0.6) is 0 Å². The minimum Gasteiger partial charge on any atom is -0.481 e. The standard InChI is InChI=1S/C14H15BrFNO3/c1-7(2)17-12(18)6-10(14(19)20)13(17)9-5-8(15)3-4-11(9)16/h3-5,7,10,13H,6H2,1-2H3,(H,19,20). The van der Waals surface area contributed by atoms with E-state index in [0.29, 0.717) is 4.47 Å². The zero-order valence-electron chi connectivity index (χ0n) is 11.1. The van der Waals surface area contributed by atoms with Crippen LogP contribution in [-0.4, -0.2) is 27.9 Å². The van der Waals surface area contributed by atoms with Gasteiger partial charge in [-0.15, -0.1) is 0 Å². The zero-order valence-corrected chi connectivity index (χ0v) is 12.7. The third-order valence-electron chi connectivity index (χ3n) is 3.51. The zero-order chi connectivity index (χ0) is 15.0. The molecule has 1 fully saturated rings.